The number of likely N-dealkylation sites (N-methyl/N-ethyl adjacent to an activating group) is 1. The Balaban J connectivity index is 3.55. The smallest absolute Gasteiger partial charge is 0.322 e. The zero-order valence-electron chi connectivity index (χ0n) is 8.86. The van der Waals surface area contributed by atoms with Crippen LogP contribution in [0.2, 0.25) is 0 Å². The van der Waals surface area contributed by atoms with Crippen LogP contribution in [0.3, 0.4) is 0 Å². The van der Waals surface area contributed by atoms with E-state index in [9.17, 15) is 4.79 Å². The van der Waals surface area contributed by atoms with E-state index < -0.39 is 11.3 Å². The summed E-state index contributed by atoms with van der Waals surface area (Å²) in [6, 6.07) is 0. The van der Waals surface area contributed by atoms with Crippen LogP contribution in [-0.2, 0) is 9.53 Å². The Kier molecular flexibility index (Phi) is 6.87. The summed E-state index contributed by atoms with van der Waals surface area (Å²) in [6.45, 7) is 5.54. The standard InChI is InChI=1S/C9H18ClNO3/c1-7(2)14-5-4-11(3)6-8(10)9(12)13/h7-8H,4-6H2,1-3H3,(H,12,13). The first-order chi connectivity index (χ1) is 6.43. The molecule has 1 atom stereocenters. The molecule has 0 aliphatic heterocycles. The second kappa shape index (κ2) is 7.04. The van der Waals surface area contributed by atoms with Gasteiger partial charge in [0.05, 0.1) is 12.7 Å². The van der Waals surface area contributed by atoms with E-state index in [4.69, 9.17) is 21.4 Å². The van der Waals surface area contributed by atoms with Crippen molar-refractivity contribution in [3.63, 3.8) is 0 Å². The quantitative estimate of drug-likeness (QED) is 0.656. The van der Waals surface area contributed by atoms with Crippen molar-refractivity contribution in [1.82, 2.24) is 4.90 Å². The molecule has 5 heteroatoms. The first-order valence-electron chi connectivity index (χ1n) is 4.60. The van der Waals surface area contributed by atoms with Crippen molar-refractivity contribution in [2.75, 3.05) is 26.7 Å². The highest BCUT2D eigenvalue weighted by atomic mass is 35.5. The van der Waals surface area contributed by atoms with E-state index in [1.807, 2.05) is 25.8 Å². The van der Waals surface area contributed by atoms with Gasteiger partial charge in [0.2, 0.25) is 0 Å². The number of carbonyl (C=O) groups is 1. The molecule has 0 aromatic carbocycles. The highest BCUT2D eigenvalue weighted by Crippen LogP contribution is 1.99. The Morgan fingerprint density at radius 2 is 2.14 bits per heavy atom. The number of hydrogen-bond donors (Lipinski definition) is 1. The van der Waals surface area contributed by atoms with Gasteiger partial charge in [-0.05, 0) is 20.9 Å². The summed E-state index contributed by atoms with van der Waals surface area (Å²) in [4.78, 5) is 12.3. The molecule has 84 valence electrons. The topological polar surface area (TPSA) is 49.8 Å². The molecule has 0 aromatic heterocycles. The molecule has 0 saturated carbocycles. The number of aliphatic carboxylic acids is 1. The number of halogens is 1. The molecule has 0 spiro atoms. The van der Waals surface area contributed by atoms with E-state index in [1.165, 1.54) is 0 Å². The third kappa shape index (κ3) is 7.12. The average molecular weight is 224 g/mol. The molecule has 0 aliphatic rings. The Labute approximate surface area is 89.8 Å². The lowest BCUT2D eigenvalue weighted by atomic mass is 10.4. The molecular formula is C9H18ClNO3. The van der Waals surface area contributed by atoms with Crippen LogP contribution in [0.5, 0.6) is 0 Å². The monoisotopic (exact) mass is 223 g/mol. The van der Waals surface area contributed by atoms with E-state index in [0.29, 0.717) is 19.7 Å². The lowest BCUT2D eigenvalue weighted by molar-refractivity contribution is -0.136. The minimum Gasteiger partial charge on any atom is -0.480 e. The number of rotatable bonds is 7. The molecule has 0 bridgehead atoms. The van der Waals surface area contributed by atoms with E-state index in [1.54, 1.807) is 0 Å². The summed E-state index contributed by atoms with van der Waals surface area (Å²) in [5.74, 6) is -0.983. The zero-order chi connectivity index (χ0) is 11.1. The summed E-state index contributed by atoms with van der Waals surface area (Å²) in [5, 5.41) is 7.71. The fourth-order valence-corrected chi connectivity index (χ4v) is 1.12. The second-order valence-electron chi connectivity index (χ2n) is 3.49. The van der Waals surface area contributed by atoms with E-state index in [-0.39, 0.29) is 6.10 Å². The SMILES string of the molecule is CC(C)OCCN(C)CC(Cl)C(=O)O. The molecule has 1 unspecified atom stereocenters. The van der Waals surface area contributed by atoms with Crippen LogP contribution in [0.25, 0.3) is 0 Å². The average Bonchev–Trinajstić information content (AvgIpc) is 2.02. The molecule has 0 heterocycles. The summed E-state index contributed by atoms with van der Waals surface area (Å²) in [7, 11) is 1.82. The number of ether oxygens (including phenoxy) is 1. The number of hydrogen-bond acceptors (Lipinski definition) is 3. The fourth-order valence-electron chi connectivity index (χ4n) is 0.887. The van der Waals surface area contributed by atoms with Gasteiger partial charge in [0.25, 0.3) is 0 Å². The van der Waals surface area contributed by atoms with Crippen LogP contribution in [0.1, 0.15) is 13.8 Å². The maximum absolute atomic E-state index is 10.4. The maximum Gasteiger partial charge on any atom is 0.322 e. The van der Waals surface area contributed by atoms with Crippen molar-refractivity contribution in [2.45, 2.75) is 25.3 Å². The molecule has 4 nitrogen and oxygen atoms in total. The van der Waals surface area contributed by atoms with Gasteiger partial charge in [0.1, 0.15) is 5.38 Å². The predicted octanol–water partition coefficient (Wildman–Crippen LogP) is 1.04. The molecule has 14 heavy (non-hydrogen) atoms. The van der Waals surface area contributed by atoms with Crippen LogP contribution in [-0.4, -0.2) is 54.2 Å². The van der Waals surface area contributed by atoms with Gasteiger partial charge < -0.3 is 14.7 Å². The van der Waals surface area contributed by atoms with Gasteiger partial charge in [0, 0.05) is 13.1 Å². The van der Waals surface area contributed by atoms with Crippen molar-refractivity contribution >= 4 is 17.6 Å². The van der Waals surface area contributed by atoms with Gasteiger partial charge >= 0.3 is 5.97 Å². The Bertz CT molecular complexity index is 175. The second-order valence-corrected chi connectivity index (χ2v) is 4.01. The molecule has 0 fully saturated rings. The van der Waals surface area contributed by atoms with Gasteiger partial charge in [-0.25, -0.2) is 0 Å². The third-order valence-electron chi connectivity index (χ3n) is 1.66. The van der Waals surface area contributed by atoms with Gasteiger partial charge in [-0.3, -0.25) is 4.79 Å². The van der Waals surface area contributed by atoms with E-state index in [0.717, 1.165) is 0 Å². The molecule has 0 aromatic rings. The van der Waals surface area contributed by atoms with E-state index in [2.05, 4.69) is 0 Å². The van der Waals surface area contributed by atoms with Gasteiger partial charge in [-0.1, -0.05) is 0 Å². The number of nitrogens with zero attached hydrogens (tertiary/aromatic N) is 1. The van der Waals surface area contributed by atoms with Crippen LogP contribution < -0.4 is 0 Å². The summed E-state index contributed by atoms with van der Waals surface area (Å²) in [5.41, 5.74) is 0. The van der Waals surface area contributed by atoms with Gasteiger partial charge in [-0.2, -0.15) is 0 Å². The van der Waals surface area contributed by atoms with Gasteiger partial charge in [0.15, 0.2) is 0 Å². The first kappa shape index (κ1) is 13.7. The molecular weight excluding hydrogens is 206 g/mol. The minimum atomic E-state index is -0.983. The molecule has 1 N–H and O–H groups in total. The lowest BCUT2D eigenvalue weighted by Crippen LogP contribution is -2.33. The molecule has 0 rings (SSSR count). The highest BCUT2D eigenvalue weighted by Gasteiger charge is 2.15. The third-order valence-corrected chi connectivity index (χ3v) is 1.99. The predicted molar refractivity (Wildman–Crippen MR) is 55.9 cm³/mol. The number of alkyl halides is 1. The minimum absolute atomic E-state index is 0.203. The molecule has 0 radical (unpaired) electrons. The number of carboxylic acids is 1. The van der Waals surface area contributed by atoms with Crippen LogP contribution in [0.4, 0.5) is 0 Å². The lowest BCUT2D eigenvalue weighted by Gasteiger charge is -2.18. The Hall–Kier alpha value is -0.320. The molecule has 0 aliphatic carbocycles. The van der Waals surface area contributed by atoms with Crippen molar-refractivity contribution in [3.8, 4) is 0 Å². The van der Waals surface area contributed by atoms with E-state index >= 15 is 0 Å². The van der Waals surface area contributed by atoms with Gasteiger partial charge in [-0.15, -0.1) is 11.6 Å². The highest BCUT2D eigenvalue weighted by molar-refractivity contribution is 6.29. The number of carboxylic acid groups (broad SMARTS) is 1. The van der Waals surface area contributed by atoms with Crippen molar-refractivity contribution in [3.05, 3.63) is 0 Å². The van der Waals surface area contributed by atoms with Crippen LogP contribution >= 0.6 is 11.6 Å². The van der Waals surface area contributed by atoms with Crippen molar-refractivity contribution in [2.24, 2.45) is 0 Å². The van der Waals surface area contributed by atoms with Crippen molar-refractivity contribution in [1.29, 1.82) is 0 Å². The van der Waals surface area contributed by atoms with Crippen LogP contribution in [0, 0.1) is 0 Å². The first-order valence-corrected chi connectivity index (χ1v) is 5.04. The van der Waals surface area contributed by atoms with Crippen molar-refractivity contribution < 1.29 is 14.6 Å². The normalized spacial score (nSPS) is 13.6. The fraction of sp³-hybridized carbons (Fsp3) is 0.889. The zero-order valence-corrected chi connectivity index (χ0v) is 9.62. The van der Waals surface area contributed by atoms with Crippen LogP contribution in [0.15, 0.2) is 0 Å². The summed E-state index contributed by atoms with van der Waals surface area (Å²) >= 11 is 5.57. The maximum atomic E-state index is 10.4. The Morgan fingerprint density at radius 3 is 2.57 bits per heavy atom. The molecule has 0 amide bonds. The summed E-state index contributed by atoms with van der Waals surface area (Å²) < 4.78 is 5.32. The summed E-state index contributed by atoms with van der Waals surface area (Å²) in [6.07, 6.45) is 0.203. The molecule has 0 saturated heterocycles. The largest absolute Gasteiger partial charge is 0.480 e. The Morgan fingerprint density at radius 1 is 1.57 bits per heavy atom.